The number of aryl methyl sites for hydroxylation is 1. The van der Waals surface area contributed by atoms with E-state index in [4.69, 9.17) is 25.5 Å². The van der Waals surface area contributed by atoms with Gasteiger partial charge in [-0.15, -0.1) is 0 Å². The number of allylic oxidation sites excluding steroid dienone is 1. The molecule has 4 aromatic rings. The van der Waals surface area contributed by atoms with Crippen molar-refractivity contribution < 1.29 is 18.7 Å². The van der Waals surface area contributed by atoms with Gasteiger partial charge in [0.15, 0.2) is 0 Å². The first kappa shape index (κ1) is 23.5. The van der Waals surface area contributed by atoms with Crippen LogP contribution in [0.3, 0.4) is 0 Å². The van der Waals surface area contributed by atoms with Crippen molar-refractivity contribution in [2.45, 2.75) is 20.8 Å². The molecule has 0 atom stereocenters. The maximum absolute atomic E-state index is 12.8. The van der Waals surface area contributed by atoms with Crippen LogP contribution in [0.15, 0.2) is 71.4 Å². The van der Waals surface area contributed by atoms with E-state index < -0.39 is 0 Å². The van der Waals surface area contributed by atoms with Gasteiger partial charge in [0.25, 0.3) is 0 Å². The highest BCUT2D eigenvalue weighted by molar-refractivity contribution is 6.30. The van der Waals surface area contributed by atoms with Crippen molar-refractivity contribution in [3.63, 3.8) is 0 Å². The largest absolute Gasteiger partial charge is 0.495 e. The summed E-state index contributed by atoms with van der Waals surface area (Å²) in [5.74, 6) is 1.04. The molecule has 174 valence electrons. The number of ether oxygens (including phenoxy) is 2. The van der Waals surface area contributed by atoms with Crippen LogP contribution < -0.4 is 14.8 Å². The maximum Gasteiger partial charge on any atom is 0.248 e. The zero-order valence-electron chi connectivity index (χ0n) is 19.6. The third-order valence-electron chi connectivity index (χ3n) is 5.63. The average molecular weight is 476 g/mol. The lowest BCUT2D eigenvalue weighted by molar-refractivity contribution is -0.111. The van der Waals surface area contributed by atoms with Crippen LogP contribution in [-0.4, -0.2) is 19.6 Å². The second kappa shape index (κ2) is 10.1. The van der Waals surface area contributed by atoms with Crippen LogP contribution in [0.2, 0.25) is 5.02 Å². The molecule has 0 saturated heterocycles. The fourth-order valence-corrected chi connectivity index (χ4v) is 4.11. The first-order valence-electron chi connectivity index (χ1n) is 11.0. The molecule has 1 heterocycles. The minimum Gasteiger partial charge on any atom is -0.495 e. The van der Waals surface area contributed by atoms with E-state index in [1.165, 1.54) is 0 Å². The van der Waals surface area contributed by atoms with E-state index in [1.807, 2.05) is 63.2 Å². The van der Waals surface area contributed by atoms with Gasteiger partial charge in [-0.25, -0.2) is 0 Å². The Kier molecular flexibility index (Phi) is 6.94. The number of amides is 1. The highest BCUT2D eigenvalue weighted by Gasteiger charge is 2.19. The van der Waals surface area contributed by atoms with E-state index in [2.05, 4.69) is 5.32 Å². The zero-order valence-corrected chi connectivity index (χ0v) is 20.3. The minimum absolute atomic E-state index is 0.257. The van der Waals surface area contributed by atoms with Gasteiger partial charge in [-0.3, -0.25) is 4.79 Å². The van der Waals surface area contributed by atoms with Crippen molar-refractivity contribution in [2.75, 3.05) is 19.0 Å². The van der Waals surface area contributed by atoms with Crippen LogP contribution in [0.4, 0.5) is 5.69 Å². The molecule has 0 radical (unpaired) electrons. The molecule has 0 bridgehead atoms. The van der Waals surface area contributed by atoms with Crippen molar-refractivity contribution in [3.8, 4) is 22.6 Å². The van der Waals surface area contributed by atoms with Gasteiger partial charge in [-0.05, 0) is 62.2 Å². The lowest BCUT2D eigenvalue weighted by atomic mass is 9.96. The van der Waals surface area contributed by atoms with E-state index in [-0.39, 0.29) is 5.91 Å². The van der Waals surface area contributed by atoms with E-state index in [1.54, 1.807) is 31.6 Å². The number of furan rings is 1. The maximum atomic E-state index is 12.8. The number of hydrogen-bond donors (Lipinski definition) is 1. The van der Waals surface area contributed by atoms with Crippen LogP contribution in [0.1, 0.15) is 25.0 Å². The summed E-state index contributed by atoms with van der Waals surface area (Å²) >= 11 is 6.07. The van der Waals surface area contributed by atoms with Crippen molar-refractivity contribution in [2.24, 2.45) is 0 Å². The molecule has 6 heteroatoms. The molecule has 0 fully saturated rings. The van der Waals surface area contributed by atoms with Gasteiger partial charge in [-0.2, -0.15) is 0 Å². The highest BCUT2D eigenvalue weighted by atomic mass is 35.5. The zero-order chi connectivity index (χ0) is 24.2. The molecule has 1 N–H and O–H groups in total. The number of benzene rings is 3. The van der Waals surface area contributed by atoms with Crippen molar-refractivity contribution in [1.29, 1.82) is 0 Å². The number of fused-ring (bicyclic) bond motifs is 1. The second-order valence-electron chi connectivity index (χ2n) is 7.86. The summed E-state index contributed by atoms with van der Waals surface area (Å²) in [6, 6.07) is 16.9. The fraction of sp³-hybridized carbons (Fsp3) is 0.179. The molecule has 0 spiro atoms. The predicted octanol–water partition coefficient (Wildman–Crippen LogP) is 7.51. The molecule has 0 unspecified atom stereocenters. The Morgan fingerprint density at radius 1 is 1.15 bits per heavy atom. The van der Waals surface area contributed by atoms with Gasteiger partial charge in [0.1, 0.15) is 17.1 Å². The van der Waals surface area contributed by atoms with Crippen LogP contribution in [0.25, 0.3) is 27.7 Å². The number of halogens is 1. The standard InChI is InChI=1S/C28H26ClNO4/c1-5-33-27-18(3)28-22(23(16-34-28)19-10-12-20(29)13-11-19)15-21(27)17(2)14-26(31)30-24-8-6-7-9-25(24)32-4/h6-16H,5H2,1-4H3,(H,30,31)/b17-14+. The first-order valence-corrected chi connectivity index (χ1v) is 11.4. The molecular weight excluding hydrogens is 450 g/mol. The first-order chi connectivity index (χ1) is 16.4. The van der Waals surface area contributed by atoms with Crippen LogP contribution in [0.5, 0.6) is 11.5 Å². The molecule has 3 aromatic carbocycles. The van der Waals surface area contributed by atoms with Crippen LogP contribution in [-0.2, 0) is 4.79 Å². The summed E-state index contributed by atoms with van der Waals surface area (Å²) in [4.78, 5) is 12.8. The molecule has 0 saturated carbocycles. The summed E-state index contributed by atoms with van der Waals surface area (Å²) in [6.07, 6.45) is 3.31. The van der Waals surface area contributed by atoms with E-state index in [0.717, 1.165) is 38.8 Å². The van der Waals surface area contributed by atoms with Gasteiger partial charge < -0.3 is 19.2 Å². The molecule has 4 rings (SSSR count). The van der Waals surface area contributed by atoms with Crippen molar-refractivity contribution in [1.82, 2.24) is 0 Å². The summed E-state index contributed by atoms with van der Waals surface area (Å²) < 4.78 is 17.3. The number of nitrogens with one attached hydrogen (secondary N) is 1. The van der Waals surface area contributed by atoms with Gasteiger partial charge >= 0.3 is 0 Å². The van der Waals surface area contributed by atoms with Crippen molar-refractivity contribution >= 4 is 39.7 Å². The monoisotopic (exact) mass is 475 g/mol. The quantitative estimate of drug-likeness (QED) is 0.281. The number of rotatable bonds is 7. The van der Waals surface area contributed by atoms with Gasteiger partial charge in [0.2, 0.25) is 5.91 Å². The minimum atomic E-state index is -0.257. The smallest absolute Gasteiger partial charge is 0.248 e. The average Bonchev–Trinajstić information content (AvgIpc) is 3.26. The van der Waals surface area contributed by atoms with E-state index in [9.17, 15) is 4.79 Å². The number of anilines is 1. The Morgan fingerprint density at radius 2 is 1.88 bits per heavy atom. The Bertz CT molecular complexity index is 1370. The molecule has 0 aliphatic heterocycles. The third-order valence-corrected chi connectivity index (χ3v) is 5.88. The van der Waals surface area contributed by atoms with Gasteiger partial charge in [0.05, 0.1) is 25.7 Å². The van der Waals surface area contributed by atoms with E-state index >= 15 is 0 Å². The van der Waals surface area contributed by atoms with Gasteiger partial charge in [-0.1, -0.05) is 35.9 Å². The SMILES string of the molecule is CCOc1c(/C(C)=C/C(=O)Nc2ccccc2OC)cc2c(-c3ccc(Cl)cc3)coc2c1C. The molecule has 34 heavy (non-hydrogen) atoms. The fourth-order valence-electron chi connectivity index (χ4n) is 3.98. The molecule has 1 amide bonds. The van der Waals surface area contributed by atoms with Crippen LogP contribution in [0, 0.1) is 6.92 Å². The Balaban J connectivity index is 1.77. The normalized spacial score (nSPS) is 11.5. The Morgan fingerprint density at radius 3 is 2.59 bits per heavy atom. The number of hydrogen-bond acceptors (Lipinski definition) is 4. The highest BCUT2D eigenvalue weighted by Crippen LogP contribution is 2.41. The van der Waals surface area contributed by atoms with Crippen molar-refractivity contribution in [3.05, 3.63) is 83.1 Å². The number of para-hydroxylation sites is 2. The molecule has 0 aliphatic carbocycles. The summed E-state index contributed by atoms with van der Waals surface area (Å²) in [5.41, 5.74) is 5.78. The second-order valence-corrected chi connectivity index (χ2v) is 8.30. The number of methoxy groups -OCH3 is 1. The lowest BCUT2D eigenvalue weighted by Gasteiger charge is -2.15. The van der Waals surface area contributed by atoms with Gasteiger partial charge in [0, 0.05) is 33.2 Å². The Hall–Kier alpha value is -3.70. The number of carbonyl (C=O) groups excluding carboxylic acids is 1. The molecule has 5 nitrogen and oxygen atoms in total. The van der Waals surface area contributed by atoms with Crippen LogP contribution >= 0.6 is 11.6 Å². The summed E-state index contributed by atoms with van der Waals surface area (Å²) in [5, 5.41) is 4.50. The van der Waals surface area contributed by atoms with E-state index in [0.29, 0.717) is 28.8 Å². The predicted molar refractivity (Wildman–Crippen MR) is 138 cm³/mol. The summed E-state index contributed by atoms with van der Waals surface area (Å²) in [7, 11) is 1.57. The molecule has 1 aromatic heterocycles. The number of carbonyl (C=O) groups is 1. The molecular formula is C28H26ClNO4. The topological polar surface area (TPSA) is 60.7 Å². The Labute approximate surface area is 203 Å². The molecule has 0 aliphatic rings. The summed E-state index contributed by atoms with van der Waals surface area (Å²) in [6.45, 7) is 6.29. The lowest BCUT2D eigenvalue weighted by Crippen LogP contribution is -2.10. The third kappa shape index (κ3) is 4.66.